The van der Waals surface area contributed by atoms with Gasteiger partial charge in [0.2, 0.25) is 0 Å². The van der Waals surface area contributed by atoms with Gasteiger partial charge in [-0.05, 0) is 108 Å². The van der Waals surface area contributed by atoms with E-state index < -0.39 is 5.41 Å². The minimum absolute atomic E-state index is 0.161. The topological polar surface area (TPSA) is 3.24 Å². The third kappa shape index (κ3) is 5.56. The van der Waals surface area contributed by atoms with Crippen molar-refractivity contribution in [2.24, 2.45) is 0 Å². The molecule has 10 aromatic rings. The molecule has 0 unspecified atom stereocenters. The van der Waals surface area contributed by atoms with Crippen LogP contribution >= 0.6 is 0 Å². The normalized spacial score (nSPS) is 13.8. The summed E-state index contributed by atoms with van der Waals surface area (Å²) in [5, 5.41) is 2.44. The lowest BCUT2D eigenvalue weighted by molar-refractivity contribution is 0.660. The zero-order valence-electron chi connectivity index (χ0n) is 35.5. The summed E-state index contributed by atoms with van der Waals surface area (Å²) in [7, 11) is 0. The van der Waals surface area contributed by atoms with Crippen LogP contribution in [-0.2, 0) is 10.8 Å². The Bertz CT molecular complexity index is 3320. The molecule has 0 N–H and O–H groups in total. The van der Waals surface area contributed by atoms with Crippen molar-refractivity contribution in [1.82, 2.24) is 0 Å². The predicted molar refractivity (Wildman–Crippen MR) is 264 cm³/mol. The average molecular weight is 804 g/mol. The molecule has 0 aromatic heterocycles. The highest BCUT2D eigenvalue weighted by molar-refractivity contribution is 6.06. The molecule has 1 nitrogen and oxygen atoms in total. The van der Waals surface area contributed by atoms with Crippen molar-refractivity contribution in [3.05, 3.63) is 270 Å². The number of anilines is 3. The van der Waals surface area contributed by atoms with Crippen LogP contribution < -0.4 is 4.90 Å². The van der Waals surface area contributed by atoms with Crippen molar-refractivity contribution in [1.29, 1.82) is 0 Å². The van der Waals surface area contributed by atoms with Gasteiger partial charge in [-0.15, -0.1) is 0 Å². The second-order valence-corrected chi connectivity index (χ2v) is 17.6. The van der Waals surface area contributed by atoms with Crippen LogP contribution in [-0.4, -0.2) is 0 Å². The predicted octanol–water partition coefficient (Wildman–Crippen LogP) is 16.3. The molecule has 0 fully saturated rings. The molecule has 12 rings (SSSR count). The Morgan fingerprint density at radius 2 is 0.873 bits per heavy atom. The van der Waals surface area contributed by atoms with Crippen LogP contribution in [0.1, 0.15) is 47.2 Å². The molecule has 0 atom stereocenters. The largest absolute Gasteiger partial charge is 0.309 e. The lowest BCUT2D eigenvalue weighted by atomic mass is 9.67. The third-order valence-electron chi connectivity index (χ3n) is 14.0. The Morgan fingerprint density at radius 1 is 0.333 bits per heavy atom. The number of benzene rings is 10. The minimum Gasteiger partial charge on any atom is -0.309 e. The van der Waals surface area contributed by atoms with Crippen LogP contribution in [0.2, 0.25) is 0 Å². The Kier molecular flexibility index (Phi) is 8.49. The maximum atomic E-state index is 2.53. The number of nitrogens with zero attached hydrogens (tertiary/aromatic N) is 1. The van der Waals surface area contributed by atoms with Gasteiger partial charge in [0.05, 0.1) is 16.8 Å². The fourth-order valence-electron chi connectivity index (χ4n) is 11.1. The number of rotatable bonds is 7. The molecule has 63 heavy (non-hydrogen) atoms. The first-order valence-corrected chi connectivity index (χ1v) is 22.1. The number of hydrogen-bond acceptors (Lipinski definition) is 1. The van der Waals surface area contributed by atoms with Crippen LogP contribution in [0.25, 0.3) is 55.3 Å². The summed E-state index contributed by atoms with van der Waals surface area (Å²) in [6, 6.07) is 87.9. The molecular weight excluding hydrogens is 759 g/mol. The Labute approximate surface area is 370 Å². The molecule has 0 aliphatic heterocycles. The SMILES string of the molecule is CC1(C)c2ccccc2-c2ccc(N(c3ccccc3-c3ccc4c(c3)C(c3ccccc3)(c3ccccc3)c3ccccc3-4)c3ccc4ccccc4c3-c3ccccc3)cc21. The van der Waals surface area contributed by atoms with E-state index in [0.29, 0.717) is 0 Å². The number of fused-ring (bicyclic) bond motifs is 7. The zero-order chi connectivity index (χ0) is 42.1. The Morgan fingerprint density at radius 3 is 1.60 bits per heavy atom. The highest BCUT2D eigenvalue weighted by Gasteiger charge is 2.46. The van der Waals surface area contributed by atoms with Gasteiger partial charge in [0.1, 0.15) is 0 Å². The zero-order valence-corrected chi connectivity index (χ0v) is 35.5. The van der Waals surface area contributed by atoms with E-state index in [9.17, 15) is 0 Å². The maximum Gasteiger partial charge on any atom is 0.0713 e. The summed E-state index contributed by atoms with van der Waals surface area (Å²) < 4.78 is 0. The molecule has 0 heterocycles. The molecule has 0 spiro atoms. The molecule has 2 aliphatic rings. The van der Waals surface area contributed by atoms with Gasteiger partial charge in [-0.25, -0.2) is 0 Å². The van der Waals surface area contributed by atoms with E-state index in [1.165, 1.54) is 88.7 Å². The van der Waals surface area contributed by atoms with E-state index in [2.05, 4.69) is 255 Å². The summed E-state index contributed by atoms with van der Waals surface area (Å²) in [6.45, 7) is 4.75. The van der Waals surface area contributed by atoms with E-state index in [-0.39, 0.29) is 5.41 Å². The maximum absolute atomic E-state index is 2.53. The van der Waals surface area contributed by atoms with Crippen molar-refractivity contribution >= 4 is 27.8 Å². The van der Waals surface area contributed by atoms with Crippen molar-refractivity contribution in [3.8, 4) is 44.5 Å². The van der Waals surface area contributed by atoms with Gasteiger partial charge in [-0.3, -0.25) is 0 Å². The van der Waals surface area contributed by atoms with Crippen LogP contribution in [0.4, 0.5) is 17.1 Å². The molecule has 0 saturated heterocycles. The summed E-state index contributed by atoms with van der Waals surface area (Å²) in [6.07, 6.45) is 0. The van der Waals surface area contributed by atoms with E-state index in [1.54, 1.807) is 0 Å². The second-order valence-electron chi connectivity index (χ2n) is 17.6. The van der Waals surface area contributed by atoms with Gasteiger partial charge < -0.3 is 4.90 Å². The summed E-state index contributed by atoms with van der Waals surface area (Å²) in [5.74, 6) is 0. The summed E-state index contributed by atoms with van der Waals surface area (Å²) in [5.41, 5.74) is 20.5. The van der Waals surface area contributed by atoms with Crippen LogP contribution in [0.15, 0.2) is 237 Å². The summed E-state index contributed by atoms with van der Waals surface area (Å²) in [4.78, 5) is 2.53. The molecule has 0 amide bonds. The first-order chi connectivity index (χ1) is 31.0. The highest BCUT2D eigenvalue weighted by Crippen LogP contribution is 2.58. The fourth-order valence-corrected chi connectivity index (χ4v) is 11.1. The van der Waals surface area contributed by atoms with Gasteiger partial charge >= 0.3 is 0 Å². The van der Waals surface area contributed by atoms with Crippen molar-refractivity contribution in [3.63, 3.8) is 0 Å². The first kappa shape index (κ1) is 37.1. The van der Waals surface area contributed by atoms with Crippen LogP contribution in [0.5, 0.6) is 0 Å². The first-order valence-electron chi connectivity index (χ1n) is 22.1. The fraction of sp³-hybridized carbons (Fsp3) is 0.0645. The molecule has 2 aliphatic carbocycles. The number of para-hydroxylation sites is 1. The molecule has 1 heteroatoms. The molecular formula is C62H45N. The summed E-state index contributed by atoms with van der Waals surface area (Å²) >= 11 is 0. The van der Waals surface area contributed by atoms with Crippen LogP contribution in [0.3, 0.4) is 0 Å². The monoisotopic (exact) mass is 803 g/mol. The Balaban J connectivity index is 1.13. The average Bonchev–Trinajstić information content (AvgIpc) is 3.77. The van der Waals surface area contributed by atoms with E-state index >= 15 is 0 Å². The second kappa shape index (κ2) is 14.4. The highest BCUT2D eigenvalue weighted by atomic mass is 15.1. The lowest BCUT2D eigenvalue weighted by Gasteiger charge is -2.34. The quantitative estimate of drug-likeness (QED) is 0.155. The smallest absolute Gasteiger partial charge is 0.0713 e. The van der Waals surface area contributed by atoms with Gasteiger partial charge in [0.15, 0.2) is 0 Å². The van der Waals surface area contributed by atoms with Crippen molar-refractivity contribution < 1.29 is 0 Å². The third-order valence-corrected chi connectivity index (χ3v) is 14.0. The number of hydrogen-bond donors (Lipinski definition) is 0. The molecule has 0 bridgehead atoms. The lowest BCUT2D eigenvalue weighted by Crippen LogP contribution is -2.28. The van der Waals surface area contributed by atoms with Crippen molar-refractivity contribution in [2.75, 3.05) is 4.90 Å². The molecule has 10 aromatic carbocycles. The Hall–Kier alpha value is -7.74. The minimum atomic E-state index is -0.502. The standard InChI is InChI=1S/C62H45N/c1-61(2)54-31-17-14-29-50(54)52-38-36-47(41-56(52)61)63(59-39-35-42-20-12-13-28-49(42)60(59)43-21-6-3-7-22-43)58-33-19-16-27-48(58)44-34-37-53-51-30-15-18-32-55(51)62(57(53)40-44,45-23-8-4-9-24-45)46-25-10-5-11-26-46/h3-41H,1-2H3. The van der Waals surface area contributed by atoms with E-state index in [0.717, 1.165) is 17.1 Å². The van der Waals surface area contributed by atoms with Gasteiger partial charge in [0, 0.05) is 22.2 Å². The van der Waals surface area contributed by atoms with Gasteiger partial charge in [-0.2, -0.15) is 0 Å². The van der Waals surface area contributed by atoms with Gasteiger partial charge in [-0.1, -0.05) is 220 Å². The molecule has 0 saturated carbocycles. The van der Waals surface area contributed by atoms with Crippen molar-refractivity contribution in [2.45, 2.75) is 24.7 Å². The van der Waals surface area contributed by atoms with Crippen LogP contribution in [0, 0.1) is 0 Å². The van der Waals surface area contributed by atoms with E-state index in [1.807, 2.05) is 0 Å². The molecule has 0 radical (unpaired) electrons. The molecule has 298 valence electrons. The van der Waals surface area contributed by atoms with E-state index in [4.69, 9.17) is 0 Å². The van der Waals surface area contributed by atoms with Gasteiger partial charge in [0.25, 0.3) is 0 Å².